The van der Waals surface area contributed by atoms with Crippen molar-refractivity contribution in [3.8, 4) is 0 Å². The maximum atomic E-state index is 12.3. The van der Waals surface area contributed by atoms with Crippen LogP contribution in [0.4, 0.5) is 11.4 Å². The van der Waals surface area contributed by atoms with Gasteiger partial charge in [0.15, 0.2) is 5.78 Å². The number of nitrogens with one attached hydrogen (secondary N) is 1. The molecule has 28 heavy (non-hydrogen) atoms. The SMILES string of the molecule is Cc1ccc(C(=O)CCC(=O)Nc2ccc3c(c2)CCN3C(=O)C(C)C)cc1. The number of carbonyl (C=O) groups is 3. The van der Waals surface area contributed by atoms with Crippen LogP contribution >= 0.6 is 0 Å². The highest BCUT2D eigenvalue weighted by Crippen LogP contribution is 2.31. The van der Waals surface area contributed by atoms with E-state index in [0.717, 1.165) is 23.2 Å². The summed E-state index contributed by atoms with van der Waals surface area (Å²) >= 11 is 0. The number of hydrogen-bond donors (Lipinski definition) is 1. The summed E-state index contributed by atoms with van der Waals surface area (Å²) in [5, 5.41) is 2.86. The van der Waals surface area contributed by atoms with E-state index in [2.05, 4.69) is 5.32 Å². The number of benzene rings is 2. The van der Waals surface area contributed by atoms with Gasteiger partial charge < -0.3 is 10.2 Å². The van der Waals surface area contributed by atoms with Crippen molar-refractivity contribution < 1.29 is 14.4 Å². The Hall–Kier alpha value is -2.95. The molecule has 0 saturated carbocycles. The number of rotatable bonds is 6. The summed E-state index contributed by atoms with van der Waals surface area (Å²) in [7, 11) is 0. The number of anilines is 2. The van der Waals surface area contributed by atoms with Gasteiger partial charge >= 0.3 is 0 Å². The number of carbonyl (C=O) groups excluding carboxylic acids is 3. The van der Waals surface area contributed by atoms with Gasteiger partial charge in [-0.25, -0.2) is 0 Å². The fraction of sp³-hybridized carbons (Fsp3) is 0.348. The lowest BCUT2D eigenvalue weighted by Gasteiger charge is -2.19. The Kier molecular flexibility index (Phi) is 5.93. The van der Waals surface area contributed by atoms with Crippen LogP contribution in [-0.2, 0) is 16.0 Å². The molecule has 1 heterocycles. The number of Topliss-reactive ketones (excluding diaryl/α,β-unsaturated/α-hetero) is 1. The standard InChI is InChI=1S/C23H26N2O3/c1-15(2)23(28)25-13-12-18-14-19(8-9-20(18)25)24-22(27)11-10-21(26)17-6-4-16(3)5-7-17/h4-9,14-15H,10-13H2,1-3H3,(H,24,27). The first-order valence-electron chi connectivity index (χ1n) is 9.69. The van der Waals surface area contributed by atoms with Gasteiger partial charge in [0.1, 0.15) is 0 Å². The monoisotopic (exact) mass is 378 g/mol. The van der Waals surface area contributed by atoms with Crippen LogP contribution < -0.4 is 10.2 Å². The van der Waals surface area contributed by atoms with Gasteiger partial charge in [0.2, 0.25) is 11.8 Å². The van der Waals surface area contributed by atoms with E-state index >= 15 is 0 Å². The largest absolute Gasteiger partial charge is 0.326 e. The molecule has 2 amide bonds. The molecule has 2 aromatic carbocycles. The molecule has 0 bridgehead atoms. The topological polar surface area (TPSA) is 66.5 Å². The lowest BCUT2D eigenvalue weighted by Crippen LogP contribution is -2.32. The Bertz CT molecular complexity index is 901. The van der Waals surface area contributed by atoms with Crippen LogP contribution in [0.2, 0.25) is 0 Å². The van der Waals surface area contributed by atoms with Gasteiger partial charge in [-0.3, -0.25) is 14.4 Å². The third-order valence-electron chi connectivity index (χ3n) is 4.97. The highest BCUT2D eigenvalue weighted by atomic mass is 16.2. The maximum absolute atomic E-state index is 12.3. The minimum Gasteiger partial charge on any atom is -0.326 e. The normalized spacial score (nSPS) is 12.8. The molecule has 0 spiro atoms. The summed E-state index contributed by atoms with van der Waals surface area (Å²) in [5.74, 6) is -0.151. The first-order valence-corrected chi connectivity index (χ1v) is 9.69. The van der Waals surface area contributed by atoms with Crippen molar-refractivity contribution in [3.05, 3.63) is 59.2 Å². The fourth-order valence-electron chi connectivity index (χ4n) is 3.35. The molecular formula is C23H26N2O3. The Morgan fingerprint density at radius 3 is 2.43 bits per heavy atom. The van der Waals surface area contributed by atoms with Crippen LogP contribution in [-0.4, -0.2) is 24.1 Å². The van der Waals surface area contributed by atoms with E-state index in [1.54, 1.807) is 12.1 Å². The molecule has 0 aromatic heterocycles. The van der Waals surface area contributed by atoms with Gasteiger partial charge in [-0.05, 0) is 37.1 Å². The van der Waals surface area contributed by atoms with Crippen LogP contribution in [0.25, 0.3) is 0 Å². The van der Waals surface area contributed by atoms with Crippen LogP contribution in [0.5, 0.6) is 0 Å². The van der Waals surface area contributed by atoms with Crippen molar-refractivity contribution in [1.29, 1.82) is 0 Å². The third kappa shape index (κ3) is 4.47. The third-order valence-corrected chi connectivity index (χ3v) is 4.97. The van der Waals surface area contributed by atoms with Crippen molar-refractivity contribution in [2.45, 2.75) is 40.0 Å². The van der Waals surface area contributed by atoms with E-state index in [4.69, 9.17) is 0 Å². The highest BCUT2D eigenvalue weighted by Gasteiger charge is 2.26. The lowest BCUT2D eigenvalue weighted by molar-refractivity contribution is -0.121. The van der Waals surface area contributed by atoms with Crippen LogP contribution in [0.3, 0.4) is 0 Å². The summed E-state index contributed by atoms with van der Waals surface area (Å²) < 4.78 is 0. The summed E-state index contributed by atoms with van der Waals surface area (Å²) in [6.07, 6.45) is 1.10. The number of aryl methyl sites for hydroxylation is 1. The Morgan fingerprint density at radius 1 is 1.04 bits per heavy atom. The molecule has 0 saturated heterocycles. The number of nitrogens with zero attached hydrogens (tertiary/aromatic N) is 1. The van der Waals surface area contributed by atoms with E-state index in [-0.39, 0.29) is 36.4 Å². The molecule has 3 rings (SSSR count). The fourth-order valence-corrected chi connectivity index (χ4v) is 3.35. The second-order valence-corrected chi connectivity index (χ2v) is 7.58. The van der Waals surface area contributed by atoms with Gasteiger partial charge in [-0.15, -0.1) is 0 Å². The van der Waals surface area contributed by atoms with Gasteiger partial charge in [0.25, 0.3) is 0 Å². The summed E-state index contributed by atoms with van der Waals surface area (Å²) in [6, 6.07) is 13.0. The van der Waals surface area contributed by atoms with Gasteiger partial charge in [-0.2, -0.15) is 0 Å². The van der Waals surface area contributed by atoms with E-state index in [1.807, 2.05) is 56.0 Å². The minimum atomic E-state index is -0.187. The van der Waals surface area contributed by atoms with Crippen LogP contribution in [0, 0.1) is 12.8 Å². The number of hydrogen-bond acceptors (Lipinski definition) is 3. The van der Waals surface area contributed by atoms with Gasteiger partial charge in [0.05, 0.1) is 0 Å². The van der Waals surface area contributed by atoms with E-state index < -0.39 is 0 Å². The summed E-state index contributed by atoms with van der Waals surface area (Å²) in [4.78, 5) is 38.5. The average molecular weight is 378 g/mol. The first-order chi connectivity index (χ1) is 13.3. The molecule has 146 valence electrons. The number of amides is 2. The van der Waals surface area contributed by atoms with Crippen molar-refractivity contribution in [2.75, 3.05) is 16.8 Å². The van der Waals surface area contributed by atoms with Crippen molar-refractivity contribution in [2.24, 2.45) is 5.92 Å². The van der Waals surface area contributed by atoms with Crippen molar-refractivity contribution in [1.82, 2.24) is 0 Å². The zero-order valence-electron chi connectivity index (χ0n) is 16.6. The zero-order chi connectivity index (χ0) is 20.3. The van der Waals surface area contributed by atoms with Crippen molar-refractivity contribution in [3.63, 3.8) is 0 Å². The quantitative estimate of drug-likeness (QED) is 0.768. The van der Waals surface area contributed by atoms with E-state index in [1.165, 1.54) is 0 Å². The number of ketones is 1. The lowest BCUT2D eigenvalue weighted by atomic mass is 10.0. The molecule has 1 aliphatic heterocycles. The molecule has 0 radical (unpaired) electrons. The molecule has 5 heteroatoms. The van der Waals surface area contributed by atoms with Gasteiger partial charge in [0, 0.05) is 42.2 Å². The Balaban J connectivity index is 1.57. The molecule has 5 nitrogen and oxygen atoms in total. The summed E-state index contributed by atoms with van der Waals surface area (Å²) in [6.45, 7) is 6.44. The molecular weight excluding hydrogens is 352 g/mol. The van der Waals surface area contributed by atoms with Crippen molar-refractivity contribution >= 4 is 29.0 Å². The number of fused-ring (bicyclic) bond motifs is 1. The molecule has 2 aromatic rings. The molecule has 1 aliphatic rings. The predicted molar refractivity (Wildman–Crippen MR) is 111 cm³/mol. The first kappa shape index (κ1) is 19.8. The van der Waals surface area contributed by atoms with Gasteiger partial charge in [-0.1, -0.05) is 43.7 Å². The Labute approximate surface area is 165 Å². The van der Waals surface area contributed by atoms with E-state index in [0.29, 0.717) is 17.8 Å². The molecule has 0 fully saturated rings. The highest BCUT2D eigenvalue weighted by molar-refractivity contribution is 6.00. The zero-order valence-corrected chi connectivity index (χ0v) is 16.6. The van der Waals surface area contributed by atoms with Crippen LogP contribution in [0.15, 0.2) is 42.5 Å². The maximum Gasteiger partial charge on any atom is 0.229 e. The summed E-state index contributed by atoms with van der Waals surface area (Å²) in [5.41, 5.74) is 4.41. The van der Waals surface area contributed by atoms with Crippen LogP contribution in [0.1, 0.15) is 48.2 Å². The second-order valence-electron chi connectivity index (χ2n) is 7.58. The molecule has 0 unspecified atom stereocenters. The Morgan fingerprint density at radius 2 is 1.75 bits per heavy atom. The molecule has 0 aliphatic carbocycles. The molecule has 1 N–H and O–H groups in total. The van der Waals surface area contributed by atoms with E-state index in [9.17, 15) is 14.4 Å². The minimum absolute atomic E-state index is 0.0352. The second kappa shape index (κ2) is 8.38. The average Bonchev–Trinajstić information content (AvgIpc) is 3.09. The predicted octanol–water partition coefficient (Wildman–Crippen LogP) is 4.14. The molecule has 0 atom stereocenters. The smallest absolute Gasteiger partial charge is 0.229 e.